The van der Waals surface area contributed by atoms with E-state index in [-0.39, 0.29) is 12.9 Å². The van der Waals surface area contributed by atoms with Crippen LogP contribution in [0.25, 0.3) is 0 Å². The molecule has 0 aliphatic carbocycles. The topological polar surface area (TPSA) is 34.7 Å². The molecule has 0 aromatic heterocycles. The Kier molecular flexibility index (Phi) is 9.10. The van der Waals surface area contributed by atoms with E-state index < -0.39 is 0 Å². The Hall–Kier alpha value is -0.0800. The normalized spacial score (nSPS) is 24.0. The summed E-state index contributed by atoms with van der Waals surface area (Å²) in [6.07, 6.45) is 4.26. The number of hydrogen-bond acceptors (Lipinski definition) is 1. The molecule has 0 amide bonds. The lowest BCUT2D eigenvalue weighted by atomic mass is 9.96. The number of nitrogens with zero attached hydrogens (tertiary/aromatic N) is 1. The third-order valence-electron chi connectivity index (χ3n) is 2.63. The highest BCUT2D eigenvalue weighted by Crippen LogP contribution is 2.18. The Balaban J connectivity index is 0. The molecule has 0 spiro atoms. The zero-order valence-corrected chi connectivity index (χ0v) is 7.77. The second kappa shape index (κ2) is 7.56. The summed E-state index contributed by atoms with van der Waals surface area (Å²) in [6, 6.07) is 0. The van der Waals surface area contributed by atoms with Crippen LogP contribution in [0, 0.1) is 5.92 Å². The van der Waals surface area contributed by atoms with Gasteiger partial charge in [-0.15, -0.1) is 0 Å². The van der Waals surface area contributed by atoms with Gasteiger partial charge in [0.1, 0.15) is 0 Å². The molecule has 0 saturated carbocycles. The minimum absolute atomic E-state index is 0. The van der Waals surface area contributed by atoms with Crippen LogP contribution in [0.5, 0.6) is 0 Å². The first-order chi connectivity index (χ1) is 4.86. The SMILES string of the molecule is C.CCC1CCCN(CC)C1.O. The van der Waals surface area contributed by atoms with Crippen molar-refractivity contribution in [3.8, 4) is 0 Å². The zero-order valence-electron chi connectivity index (χ0n) is 7.77. The highest BCUT2D eigenvalue weighted by molar-refractivity contribution is 4.70. The van der Waals surface area contributed by atoms with Crippen LogP contribution in [-0.2, 0) is 0 Å². The van der Waals surface area contributed by atoms with Crippen molar-refractivity contribution in [2.45, 2.75) is 40.5 Å². The van der Waals surface area contributed by atoms with Gasteiger partial charge in [-0.2, -0.15) is 0 Å². The van der Waals surface area contributed by atoms with Gasteiger partial charge in [0.15, 0.2) is 0 Å². The lowest BCUT2D eigenvalue weighted by molar-refractivity contribution is 0.179. The third kappa shape index (κ3) is 4.07. The van der Waals surface area contributed by atoms with Gasteiger partial charge in [-0.25, -0.2) is 0 Å². The number of piperidine rings is 1. The predicted octanol–water partition coefficient (Wildman–Crippen LogP) is 1.94. The zero-order chi connectivity index (χ0) is 7.40. The summed E-state index contributed by atoms with van der Waals surface area (Å²) in [5.41, 5.74) is 0. The van der Waals surface area contributed by atoms with Crippen LogP contribution >= 0.6 is 0 Å². The van der Waals surface area contributed by atoms with Crippen LogP contribution < -0.4 is 0 Å². The molecule has 0 aromatic rings. The smallest absolute Gasteiger partial charge is 0.000945 e. The van der Waals surface area contributed by atoms with Crippen molar-refractivity contribution in [1.82, 2.24) is 4.90 Å². The predicted molar refractivity (Wildman–Crippen MR) is 55.5 cm³/mol. The Morgan fingerprint density at radius 3 is 2.50 bits per heavy atom. The van der Waals surface area contributed by atoms with Crippen molar-refractivity contribution in [3.63, 3.8) is 0 Å². The summed E-state index contributed by atoms with van der Waals surface area (Å²) < 4.78 is 0. The molecule has 2 nitrogen and oxygen atoms in total. The maximum absolute atomic E-state index is 2.57. The number of rotatable bonds is 2. The first-order valence-corrected chi connectivity index (χ1v) is 4.59. The van der Waals surface area contributed by atoms with Gasteiger partial charge in [-0.05, 0) is 31.8 Å². The van der Waals surface area contributed by atoms with Crippen molar-refractivity contribution in [1.29, 1.82) is 0 Å². The maximum atomic E-state index is 2.57. The summed E-state index contributed by atoms with van der Waals surface area (Å²) in [5, 5.41) is 0. The Morgan fingerprint density at radius 2 is 2.00 bits per heavy atom. The van der Waals surface area contributed by atoms with Crippen LogP contribution in [0.15, 0.2) is 0 Å². The van der Waals surface area contributed by atoms with Crippen LogP contribution in [-0.4, -0.2) is 30.0 Å². The standard InChI is InChI=1S/C9H19N.CH4.H2O/c1-3-9-6-5-7-10(4-2)8-9;;/h9H,3-8H2,1-2H3;1H4;1H2. The average molecular weight is 175 g/mol. The van der Waals surface area contributed by atoms with Gasteiger partial charge in [0.05, 0.1) is 0 Å². The number of hydrogen-bond donors (Lipinski definition) is 0. The summed E-state index contributed by atoms with van der Waals surface area (Å²) in [4.78, 5) is 2.57. The average Bonchev–Trinajstić information content (AvgIpc) is 2.05. The molecular formula is C10H25NO. The molecule has 1 atom stereocenters. The monoisotopic (exact) mass is 175 g/mol. The second-order valence-corrected chi connectivity index (χ2v) is 3.31. The minimum Gasteiger partial charge on any atom is -0.412 e. The molecule has 2 N–H and O–H groups in total. The van der Waals surface area contributed by atoms with Gasteiger partial charge < -0.3 is 10.4 Å². The molecule has 1 aliphatic rings. The third-order valence-corrected chi connectivity index (χ3v) is 2.63. The molecule has 1 saturated heterocycles. The van der Waals surface area contributed by atoms with Crippen molar-refractivity contribution in [2.75, 3.05) is 19.6 Å². The molecule has 1 heterocycles. The van der Waals surface area contributed by atoms with E-state index in [2.05, 4.69) is 18.7 Å². The fourth-order valence-electron chi connectivity index (χ4n) is 1.77. The molecule has 0 radical (unpaired) electrons. The summed E-state index contributed by atoms with van der Waals surface area (Å²) in [5.74, 6) is 0.994. The van der Waals surface area contributed by atoms with E-state index in [1.165, 1.54) is 38.9 Å². The Bertz CT molecular complexity index is 85.8. The van der Waals surface area contributed by atoms with Crippen LogP contribution in [0.1, 0.15) is 40.5 Å². The van der Waals surface area contributed by atoms with E-state index in [0.717, 1.165) is 5.92 Å². The van der Waals surface area contributed by atoms with Gasteiger partial charge in [-0.1, -0.05) is 27.7 Å². The molecule has 0 bridgehead atoms. The van der Waals surface area contributed by atoms with Gasteiger partial charge in [0, 0.05) is 6.54 Å². The van der Waals surface area contributed by atoms with Gasteiger partial charge in [0.25, 0.3) is 0 Å². The van der Waals surface area contributed by atoms with Crippen LogP contribution in [0.2, 0.25) is 0 Å². The summed E-state index contributed by atoms with van der Waals surface area (Å²) in [6.45, 7) is 8.51. The Morgan fingerprint density at radius 1 is 1.33 bits per heavy atom. The molecule has 76 valence electrons. The molecule has 1 fully saturated rings. The fraction of sp³-hybridized carbons (Fsp3) is 1.00. The largest absolute Gasteiger partial charge is 0.412 e. The van der Waals surface area contributed by atoms with E-state index in [1.54, 1.807) is 0 Å². The lowest BCUT2D eigenvalue weighted by Crippen LogP contribution is -2.34. The first kappa shape index (κ1) is 14.4. The van der Waals surface area contributed by atoms with Crippen molar-refractivity contribution in [2.24, 2.45) is 5.92 Å². The summed E-state index contributed by atoms with van der Waals surface area (Å²) in [7, 11) is 0. The fourth-order valence-corrected chi connectivity index (χ4v) is 1.77. The minimum atomic E-state index is 0. The van der Waals surface area contributed by atoms with E-state index in [4.69, 9.17) is 0 Å². The molecule has 1 aliphatic heterocycles. The maximum Gasteiger partial charge on any atom is 0.000945 e. The first-order valence-electron chi connectivity index (χ1n) is 4.59. The summed E-state index contributed by atoms with van der Waals surface area (Å²) >= 11 is 0. The highest BCUT2D eigenvalue weighted by Gasteiger charge is 2.15. The van der Waals surface area contributed by atoms with Crippen LogP contribution in [0.4, 0.5) is 0 Å². The molecule has 1 unspecified atom stereocenters. The quantitative estimate of drug-likeness (QED) is 0.631. The second-order valence-electron chi connectivity index (χ2n) is 3.31. The van der Waals surface area contributed by atoms with Crippen molar-refractivity contribution >= 4 is 0 Å². The van der Waals surface area contributed by atoms with Crippen molar-refractivity contribution < 1.29 is 5.48 Å². The molecule has 2 heteroatoms. The van der Waals surface area contributed by atoms with Gasteiger partial charge in [0.2, 0.25) is 0 Å². The van der Waals surface area contributed by atoms with Crippen molar-refractivity contribution in [3.05, 3.63) is 0 Å². The molecule has 0 aromatic carbocycles. The van der Waals surface area contributed by atoms with E-state index in [1.807, 2.05) is 0 Å². The molecule has 1 rings (SSSR count). The molecule has 12 heavy (non-hydrogen) atoms. The van der Waals surface area contributed by atoms with E-state index in [0.29, 0.717) is 0 Å². The lowest BCUT2D eigenvalue weighted by Gasteiger charge is -2.31. The Labute approximate surface area is 77.3 Å². The van der Waals surface area contributed by atoms with Gasteiger partial charge >= 0.3 is 0 Å². The van der Waals surface area contributed by atoms with Gasteiger partial charge in [-0.3, -0.25) is 0 Å². The molecular weight excluding hydrogens is 150 g/mol. The highest BCUT2D eigenvalue weighted by atomic mass is 16.0. The van der Waals surface area contributed by atoms with Crippen LogP contribution in [0.3, 0.4) is 0 Å². The van der Waals surface area contributed by atoms with E-state index in [9.17, 15) is 0 Å². The van der Waals surface area contributed by atoms with E-state index >= 15 is 0 Å². The number of likely N-dealkylation sites (tertiary alicyclic amines) is 1.